The second-order valence-corrected chi connectivity index (χ2v) is 4.42. The number of ether oxygens (including phenoxy) is 1. The van der Waals surface area contributed by atoms with Crippen molar-refractivity contribution in [2.75, 3.05) is 0 Å². The van der Waals surface area contributed by atoms with Gasteiger partial charge in [-0.1, -0.05) is 37.3 Å². The molecular weight excluding hydrogens is 172 g/mol. The Kier molecular flexibility index (Phi) is 2.87. The molecule has 76 valence electrons. The molecule has 2 rings (SSSR count). The maximum atomic E-state index is 5.94. The molecule has 0 amide bonds. The van der Waals surface area contributed by atoms with Gasteiger partial charge in [0, 0.05) is 0 Å². The molecule has 14 heavy (non-hydrogen) atoms. The van der Waals surface area contributed by atoms with Crippen molar-refractivity contribution < 1.29 is 4.74 Å². The van der Waals surface area contributed by atoms with Gasteiger partial charge < -0.3 is 4.74 Å². The van der Waals surface area contributed by atoms with Gasteiger partial charge >= 0.3 is 0 Å². The van der Waals surface area contributed by atoms with E-state index >= 15 is 0 Å². The van der Waals surface area contributed by atoms with Crippen molar-refractivity contribution in [2.24, 2.45) is 5.92 Å². The van der Waals surface area contributed by atoms with Crippen LogP contribution in [0.5, 0.6) is 0 Å². The Labute approximate surface area is 86.1 Å². The average molecular weight is 190 g/mol. The van der Waals surface area contributed by atoms with Gasteiger partial charge in [-0.15, -0.1) is 0 Å². The highest BCUT2D eigenvalue weighted by Gasteiger charge is 2.25. The van der Waals surface area contributed by atoms with Gasteiger partial charge in [0.05, 0.1) is 12.2 Å². The molecule has 3 atom stereocenters. The Morgan fingerprint density at radius 3 is 2.43 bits per heavy atom. The highest BCUT2D eigenvalue weighted by atomic mass is 16.5. The van der Waals surface area contributed by atoms with Crippen LogP contribution in [0.25, 0.3) is 0 Å². The fourth-order valence-electron chi connectivity index (χ4n) is 2.30. The molecule has 1 heteroatoms. The maximum absolute atomic E-state index is 5.94. The number of rotatable bonds is 1. The molecule has 1 fully saturated rings. The van der Waals surface area contributed by atoms with E-state index < -0.39 is 0 Å². The molecule has 0 radical (unpaired) electrons. The Morgan fingerprint density at radius 1 is 1.07 bits per heavy atom. The second-order valence-electron chi connectivity index (χ2n) is 4.42. The van der Waals surface area contributed by atoms with E-state index in [1.807, 2.05) is 0 Å². The Hall–Kier alpha value is -0.820. The Bertz CT molecular complexity index is 271. The van der Waals surface area contributed by atoms with Crippen LogP contribution in [0.3, 0.4) is 0 Å². The normalized spacial score (nSPS) is 32.9. The summed E-state index contributed by atoms with van der Waals surface area (Å²) in [7, 11) is 0. The molecular formula is C13H18O. The molecule has 3 unspecified atom stereocenters. The van der Waals surface area contributed by atoms with Gasteiger partial charge in [0.2, 0.25) is 0 Å². The molecule has 1 heterocycles. The minimum atomic E-state index is 0.315. The van der Waals surface area contributed by atoms with Crippen LogP contribution in [0.15, 0.2) is 30.3 Å². The minimum Gasteiger partial charge on any atom is -0.371 e. The van der Waals surface area contributed by atoms with Crippen LogP contribution in [-0.4, -0.2) is 6.10 Å². The average Bonchev–Trinajstić information content (AvgIpc) is 2.18. The van der Waals surface area contributed by atoms with Crippen molar-refractivity contribution in [3.8, 4) is 0 Å². The molecule has 0 spiro atoms. The summed E-state index contributed by atoms with van der Waals surface area (Å²) in [6.07, 6.45) is 3.08. The lowest BCUT2D eigenvalue weighted by atomic mass is 9.91. The van der Waals surface area contributed by atoms with Crippen LogP contribution < -0.4 is 0 Å². The molecule has 1 nitrogen and oxygen atoms in total. The number of benzene rings is 1. The number of hydrogen-bond acceptors (Lipinski definition) is 1. The topological polar surface area (TPSA) is 9.23 Å². The highest BCUT2D eigenvalue weighted by molar-refractivity contribution is 5.18. The summed E-state index contributed by atoms with van der Waals surface area (Å²) in [5, 5.41) is 0. The van der Waals surface area contributed by atoms with E-state index in [1.54, 1.807) is 0 Å². The first kappa shape index (κ1) is 9.72. The van der Waals surface area contributed by atoms with Crippen LogP contribution in [0.4, 0.5) is 0 Å². The Balaban J connectivity index is 2.11. The van der Waals surface area contributed by atoms with Crippen LogP contribution in [-0.2, 0) is 4.74 Å². The zero-order valence-corrected chi connectivity index (χ0v) is 8.94. The predicted molar refractivity (Wildman–Crippen MR) is 58.1 cm³/mol. The van der Waals surface area contributed by atoms with Crippen molar-refractivity contribution in [3.05, 3.63) is 35.9 Å². The summed E-state index contributed by atoms with van der Waals surface area (Å²) >= 11 is 0. The SMILES string of the molecule is CC1CC(C)OC(c2ccccc2)C1. The standard InChI is InChI=1S/C13H18O/c1-10-8-11(2)14-13(9-10)12-6-4-3-5-7-12/h3-7,10-11,13H,8-9H2,1-2H3. The molecule has 0 bridgehead atoms. The van der Waals surface area contributed by atoms with Gasteiger partial charge in [0.25, 0.3) is 0 Å². The molecule has 1 aliphatic rings. The fourth-order valence-corrected chi connectivity index (χ4v) is 2.30. The smallest absolute Gasteiger partial charge is 0.0831 e. The molecule has 0 aliphatic carbocycles. The van der Waals surface area contributed by atoms with Crippen molar-refractivity contribution in [2.45, 2.75) is 38.9 Å². The predicted octanol–water partition coefficient (Wildman–Crippen LogP) is 3.56. The quantitative estimate of drug-likeness (QED) is 0.658. The van der Waals surface area contributed by atoms with Gasteiger partial charge in [-0.25, -0.2) is 0 Å². The summed E-state index contributed by atoms with van der Waals surface area (Å²) < 4.78 is 5.94. The highest BCUT2D eigenvalue weighted by Crippen LogP contribution is 2.34. The lowest BCUT2D eigenvalue weighted by Gasteiger charge is -2.32. The molecule has 0 saturated carbocycles. The molecule has 0 N–H and O–H groups in total. The first-order valence-corrected chi connectivity index (χ1v) is 5.46. The zero-order chi connectivity index (χ0) is 9.97. The molecule has 0 aromatic heterocycles. The zero-order valence-electron chi connectivity index (χ0n) is 8.94. The molecule has 1 aliphatic heterocycles. The fraction of sp³-hybridized carbons (Fsp3) is 0.538. The van der Waals surface area contributed by atoms with Gasteiger partial charge in [-0.2, -0.15) is 0 Å². The summed E-state index contributed by atoms with van der Waals surface area (Å²) in [6, 6.07) is 10.6. The van der Waals surface area contributed by atoms with Crippen LogP contribution in [0.2, 0.25) is 0 Å². The lowest BCUT2D eigenvalue weighted by molar-refractivity contribution is -0.0604. The van der Waals surface area contributed by atoms with Gasteiger partial charge in [-0.3, -0.25) is 0 Å². The van der Waals surface area contributed by atoms with Crippen LogP contribution in [0.1, 0.15) is 38.4 Å². The van der Waals surface area contributed by atoms with Crippen LogP contribution in [0, 0.1) is 5.92 Å². The van der Waals surface area contributed by atoms with Crippen LogP contribution >= 0.6 is 0 Å². The summed E-state index contributed by atoms with van der Waals surface area (Å²) in [5.74, 6) is 0.781. The minimum absolute atomic E-state index is 0.315. The largest absolute Gasteiger partial charge is 0.371 e. The second kappa shape index (κ2) is 4.14. The van der Waals surface area contributed by atoms with Crippen molar-refractivity contribution in [1.82, 2.24) is 0 Å². The lowest BCUT2D eigenvalue weighted by Crippen LogP contribution is -2.24. The van der Waals surface area contributed by atoms with E-state index in [0.29, 0.717) is 12.2 Å². The maximum Gasteiger partial charge on any atom is 0.0831 e. The number of hydrogen-bond donors (Lipinski definition) is 0. The van der Waals surface area contributed by atoms with Gasteiger partial charge in [-0.05, 0) is 31.2 Å². The Morgan fingerprint density at radius 2 is 1.79 bits per heavy atom. The van der Waals surface area contributed by atoms with Gasteiger partial charge in [0.15, 0.2) is 0 Å². The third kappa shape index (κ3) is 2.16. The van der Waals surface area contributed by atoms with E-state index in [1.165, 1.54) is 12.0 Å². The molecule has 1 aromatic rings. The third-order valence-corrected chi connectivity index (χ3v) is 2.92. The summed E-state index contributed by atoms with van der Waals surface area (Å²) in [4.78, 5) is 0. The molecule has 1 saturated heterocycles. The van der Waals surface area contributed by atoms with Crippen molar-refractivity contribution in [1.29, 1.82) is 0 Å². The monoisotopic (exact) mass is 190 g/mol. The van der Waals surface area contributed by atoms with Crippen molar-refractivity contribution >= 4 is 0 Å². The van der Waals surface area contributed by atoms with Gasteiger partial charge in [0.1, 0.15) is 0 Å². The van der Waals surface area contributed by atoms with E-state index in [-0.39, 0.29) is 0 Å². The molecule has 1 aromatic carbocycles. The third-order valence-electron chi connectivity index (χ3n) is 2.92. The van der Waals surface area contributed by atoms with E-state index in [4.69, 9.17) is 4.74 Å². The van der Waals surface area contributed by atoms with E-state index in [9.17, 15) is 0 Å². The first-order chi connectivity index (χ1) is 6.75. The van der Waals surface area contributed by atoms with E-state index in [2.05, 4.69) is 44.2 Å². The first-order valence-electron chi connectivity index (χ1n) is 5.46. The summed E-state index contributed by atoms with van der Waals surface area (Å²) in [6.45, 7) is 4.49. The van der Waals surface area contributed by atoms with E-state index in [0.717, 1.165) is 12.3 Å². The van der Waals surface area contributed by atoms with Crippen molar-refractivity contribution in [3.63, 3.8) is 0 Å². The summed E-state index contributed by atoms with van der Waals surface area (Å²) in [5.41, 5.74) is 1.32.